The second kappa shape index (κ2) is 8.16. The van der Waals surface area contributed by atoms with Crippen LogP contribution >= 0.6 is 0 Å². The summed E-state index contributed by atoms with van der Waals surface area (Å²) in [4.78, 5) is 2.54. The van der Waals surface area contributed by atoms with Crippen molar-refractivity contribution < 1.29 is 9.47 Å². The Morgan fingerprint density at radius 3 is 2.43 bits per heavy atom. The predicted octanol–water partition coefficient (Wildman–Crippen LogP) is 4.01. The summed E-state index contributed by atoms with van der Waals surface area (Å²) in [5.41, 5.74) is 1.76. The van der Waals surface area contributed by atoms with Gasteiger partial charge >= 0.3 is 0 Å². The van der Waals surface area contributed by atoms with Crippen LogP contribution in [0.2, 0.25) is 0 Å². The van der Waals surface area contributed by atoms with Crippen LogP contribution in [0, 0.1) is 0 Å². The van der Waals surface area contributed by atoms with Gasteiger partial charge in [0.05, 0.1) is 6.61 Å². The van der Waals surface area contributed by atoms with Crippen LogP contribution in [0.4, 0.5) is 0 Å². The molecule has 2 aliphatic heterocycles. The molecule has 0 radical (unpaired) electrons. The van der Waals surface area contributed by atoms with Crippen molar-refractivity contribution in [3.63, 3.8) is 0 Å². The molecule has 0 unspecified atom stereocenters. The number of hydrogen-bond acceptors (Lipinski definition) is 3. The van der Waals surface area contributed by atoms with E-state index in [9.17, 15) is 0 Å². The van der Waals surface area contributed by atoms with E-state index in [-0.39, 0.29) is 0 Å². The fraction of sp³-hybridized carbons (Fsp3) is 0.700. The topological polar surface area (TPSA) is 21.7 Å². The molecule has 2 aliphatic rings. The fourth-order valence-electron chi connectivity index (χ4n) is 4.00. The Labute approximate surface area is 141 Å². The minimum Gasteiger partial charge on any atom is -0.494 e. The Bertz CT molecular complexity index is 459. The minimum absolute atomic E-state index is 0.312. The largest absolute Gasteiger partial charge is 0.494 e. The van der Waals surface area contributed by atoms with Crippen LogP contribution in [0.5, 0.6) is 5.75 Å². The zero-order chi connectivity index (χ0) is 16.0. The van der Waals surface area contributed by atoms with E-state index in [1.807, 2.05) is 0 Å². The number of benzene rings is 1. The van der Waals surface area contributed by atoms with Crippen molar-refractivity contribution in [1.82, 2.24) is 4.90 Å². The van der Waals surface area contributed by atoms with Crippen LogP contribution in [0.1, 0.15) is 51.0 Å². The maximum absolute atomic E-state index is 5.92. The van der Waals surface area contributed by atoms with Crippen molar-refractivity contribution >= 4 is 0 Å². The normalized spacial score (nSPS) is 21.4. The molecule has 2 heterocycles. The smallest absolute Gasteiger partial charge is 0.119 e. The Kier molecular flexibility index (Phi) is 5.96. The van der Waals surface area contributed by atoms with Gasteiger partial charge in [-0.05, 0) is 74.7 Å². The van der Waals surface area contributed by atoms with E-state index < -0.39 is 0 Å². The summed E-state index contributed by atoms with van der Waals surface area (Å²) in [6, 6.07) is 8.84. The predicted molar refractivity (Wildman–Crippen MR) is 94.3 cm³/mol. The van der Waals surface area contributed by atoms with Gasteiger partial charge in [-0.15, -0.1) is 0 Å². The van der Waals surface area contributed by atoms with Gasteiger partial charge in [-0.25, -0.2) is 0 Å². The number of rotatable bonds is 7. The van der Waals surface area contributed by atoms with Crippen LogP contribution in [-0.2, 0) is 10.2 Å². The molecule has 2 fully saturated rings. The molecule has 0 spiro atoms. The number of nitrogens with zero attached hydrogens (tertiary/aromatic N) is 1. The maximum atomic E-state index is 5.92. The first-order chi connectivity index (χ1) is 11.3. The van der Waals surface area contributed by atoms with E-state index in [2.05, 4.69) is 36.1 Å². The highest BCUT2D eigenvalue weighted by atomic mass is 16.5. The molecule has 0 saturated carbocycles. The first-order valence-corrected chi connectivity index (χ1v) is 9.36. The van der Waals surface area contributed by atoms with Gasteiger partial charge in [0.1, 0.15) is 5.75 Å². The highest BCUT2D eigenvalue weighted by Crippen LogP contribution is 2.38. The van der Waals surface area contributed by atoms with Crippen molar-refractivity contribution in [3.05, 3.63) is 29.8 Å². The lowest BCUT2D eigenvalue weighted by molar-refractivity contribution is 0.0485. The first-order valence-electron chi connectivity index (χ1n) is 9.36. The van der Waals surface area contributed by atoms with E-state index in [0.29, 0.717) is 5.41 Å². The molecule has 0 amide bonds. The van der Waals surface area contributed by atoms with E-state index in [1.54, 1.807) is 0 Å². The third-order valence-electron chi connectivity index (χ3n) is 5.68. The molecule has 3 nitrogen and oxygen atoms in total. The molecule has 1 aromatic rings. The summed E-state index contributed by atoms with van der Waals surface area (Å²) in [7, 11) is 0. The van der Waals surface area contributed by atoms with Crippen LogP contribution in [0.25, 0.3) is 0 Å². The van der Waals surface area contributed by atoms with Crippen LogP contribution in [0.15, 0.2) is 24.3 Å². The molecule has 3 rings (SSSR count). The molecular formula is C20H31NO2. The summed E-state index contributed by atoms with van der Waals surface area (Å²) in [6.07, 6.45) is 7.32. The Morgan fingerprint density at radius 2 is 1.78 bits per heavy atom. The summed E-state index contributed by atoms with van der Waals surface area (Å²) in [6.45, 7) is 8.63. The van der Waals surface area contributed by atoms with Gasteiger partial charge in [0.2, 0.25) is 0 Å². The lowest BCUT2D eigenvalue weighted by Gasteiger charge is -2.37. The molecule has 2 saturated heterocycles. The lowest BCUT2D eigenvalue weighted by Crippen LogP contribution is -2.33. The molecule has 23 heavy (non-hydrogen) atoms. The molecule has 1 aromatic carbocycles. The summed E-state index contributed by atoms with van der Waals surface area (Å²) in [5, 5.41) is 0. The van der Waals surface area contributed by atoms with E-state index >= 15 is 0 Å². The lowest BCUT2D eigenvalue weighted by atomic mass is 9.72. The van der Waals surface area contributed by atoms with Gasteiger partial charge < -0.3 is 14.4 Å². The van der Waals surface area contributed by atoms with Gasteiger partial charge in [0.15, 0.2) is 0 Å². The SMILES string of the molecule is CCC1(c2ccc(OCCCN3CCCC3)cc2)CCOCC1. The zero-order valence-electron chi connectivity index (χ0n) is 14.6. The van der Waals surface area contributed by atoms with Gasteiger partial charge in [0, 0.05) is 19.8 Å². The highest BCUT2D eigenvalue weighted by molar-refractivity contribution is 5.32. The average molecular weight is 317 g/mol. The first kappa shape index (κ1) is 16.8. The molecule has 128 valence electrons. The molecule has 0 bridgehead atoms. The van der Waals surface area contributed by atoms with Crippen LogP contribution in [-0.4, -0.2) is 44.4 Å². The maximum Gasteiger partial charge on any atom is 0.119 e. The second-order valence-electron chi connectivity index (χ2n) is 7.02. The van der Waals surface area contributed by atoms with Crippen LogP contribution in [0.3, 0.4) is 0 Å². The van der Waals surface area contributed by atoms with E-state index in [0.717, 1.165) is 44.8 Å². The fourth-order valence-corrected chi connectivity index (χ4v) is 4.00. The average Bonchev–Trinajstić information content (AvgIpc) is 3.13. The van der Waals surface area contributed by atoms with Crippen molar-refractivity contribution in [1.29, 1.82) is 0 Å². The third kappa shape index (κ3) is 4.27. The highest BCUT2D eigenvalue weighted by Gasteiger charge is 2.32. The van der Waals surface area contributed by atoms with E-state index in [1.165, 1.54) is 44.5 Å². The van der Waals surface area contributed by atoms with Gasteiger partial charge in [-0.1, -0.05) is 19.1 Å². The van der Waals surface area contributed by atoms with Crippen molar-refractivity contribution in [3.8, 4) is 5.75 Å². The number of ether oxygens (including phenoxy) is 2. The minimum atomic E-state index is 0.312. The van der Waals surface area contributed by atoms with Crippen LogP contribution < -0.4 is 4.74 Å². The zero-order valence-corrected chi connectivity index (χ0v) is 14.6. The molecular weight excluding hydrogens is 286 g/mol. The quantitative estimate of drug-likeness (QED) is 0.709. The van der Waals surface area contributed by atoms with Crippen molar-refractivity contribution in [2.75, 3.05) is 39.5 Å². The number of hydrogen-bond donors (Lipinski definition) is 0. The van der Waals surface area contributed by atoms with E-state index in [4.69, 9.17) is 9.47 Å². The molecule has 0 aromatic heterocycles. The number of likely N-dealkylation sites (tertiary alicyclic amines) is 1. The Hall–Kier alpha value is -1.06. The van der Waals surface area contributed by atoms with Gasteiger partial charge in [-0.3, -0.25) is 0 Å². The second-order valence-corrected chi connectivity index (χ2v) is 7.02. The van der Waals surface area contributed by atoms with Gasteiger partial charge in [-0.2, -0.15) is 0 Å². The monoisotopic (exact) mass is 317 g/mol. The Balaban J connectivity index is 1.48. The summed E-state index contributed by atoms with van der Waals surface area (Å²) in [5.74, 6) is 1.01. The molecule has 3 heteroatoms. The standard InChI is InChI=1S/C20H31NO2/c1-2-20(10-16-22-17-11-20)18-6-8-19(9-7-18)23-15-5-14-21-12-3-4-13-21/h6-9H,2-5,10-17H2,1H3. The molecule has 0 aliphatic carbocycles. The van der Waals surface area contributed by atoms with Crippen molar-refractivity contribution in [2.24, 2.45) is 0 Å². The molecule has 0 atom stereocenters. The Morgan fingerprint density at radius 1 is 1.09 bits per heavy atom. The molecule has 0 N–H and O–H groups in total. The summed E-state index contributed by atoms with van der Waals surface area (Å²) >= 11 is 0. The third-order valence-corrected chi connectivity index (χ3v) is 5.68. The van der Waals surface area contributed by atoms with Crippen molar-refractivity contribution in [2.45, 2.75) is 50.9 Å². The summed E-state index contributed by atoms with van der Waals surface area (Å²) < 4.78 is 11.5. The van der Waals surface area contributed by atoms with Gasteiger partial charge in [0.25, 0.3) is 0 Å².